The van der Waals surface area contributed by atoms with Gasteiger partial charge in [-0.1, -0.05) is 11.8 Å². The second-order valence-electron chi connectivity index (χ2n) is 2.10. The summed E-state index contributed by atoms with van der Waals surface area (Å²) >= 11 is 3.09. The van der Waals surface area contributed by atoms with Crippen molar-refractivity contribution in [1.82, 2.24) is 10.1 Å². The molecule has 2 aromatic rings. The van der Waals surface area contributed by atoms with Gasteiger partial charge in [0.25, 0.3) is 5.89 Å². The Morgan fingerprint density at radius 2 is 2.50 bits per heavy atom. The van der Waals surface area contributed by atoms with Crippen molar-refractivity contribution in [1.29, 1.82) is 0 Å². The molecule has 0 aliphatic rings. The molecule has 2 heterocycles. The zero-order chi connectivity index (χ0) is 8.39. The molecule has 0 aliphatic heterocycles. The molecule has 0 saturated heterocycles. The average molecular weight is 198 g/mol. The quantitative estimate of drug-likeness (QED) is 0.695. The lowest BCUT2D eigenvalue weighted by molar-refractivity contribution is 0.415. The first-order valence-electron chi connectivity index (χ1n) is 3.30. The van der Waals surface area contributed by atoms with Crippen LogP contribution in [0, 0.1) is 0 Å². The first-order chi connectivity index (χ1) is 5.90. The summed E-state index contributed by atoms with van der Waals surface area (Å²) in [6, 6.07) is 1.96. The molecule has 62 valence electrons. The van der Waals surface area contributed by atoms with Gasteiger partial charge in [-0.3, -0.25) is 0 Å². The highest BCUT2D eigenvalue weighted by atomic mass is 32.2. The summed E-state index contributed by atoms with van der Waals surface area (Å²) in [6.07, 6.45) is 1.92. The van der Waals surface area contributed by atoms with Crippen molar-refractivity contribution in [2.45, 2.75) is 5.16 Å². The van der Waals surface area contributed by atoms with Crippen LogP contribution in [0.4, 0.5) is 0 Å². The third-order valence-electron chi connectivity index (χ3n) is 1.36. The van der Waals surface area contributed by atoms with Crippen LogP contribution in [0.2, 0.25) is 0 Å². The summed E-state index contributed by atoms with van der Waals surface area (Å²) in [6.45, 7) is 0. The van der Waals surface area contributed by atoms with Gasteiger partial charge in [-0.2, -0.15) is 16.3 Å². The molecular formula is C7H6N2OS2. The summed E-state index contributed by atoms with van der Waals surface area (Å²) in [7, 11) is 0. The van der Waals surface area contributed by atoms with Crippen LogP contribution < -0.4 is 0 Å². The van der Waals surface area contributed by atoms with Gasteiger partial charge in [0.15, 0.2) is 0 Å². The Kier molecular flexibility index (Phi) is 2.14. The van der Waals surface area contributed by atoms with Crippen LogP contribution in [-0.4, -0.2) is 16.4 Å². The van der Waals surface area contributed by atoms with E-state index in [0.29, 0.717) is 11.0 Å². The summed E-state index contributed by atoms with van der Waals surface area (Å²) < 4.78 is 5.02. The second kappa shape index (κ2) is 3.28. The monoisotopic (exact) mass is 198 g/mol. The normalized spacial score (nSPS) is 10.4. The molecule has 0 saturated carbocycles. The standard InChI is InChI=1S/C7H6N2OS2/c1-11-7-8-6(10-9-7)5-2-3-12-4-5/h2-4H,1H3. The lowest BCUT2D eigenvalue weighted by atomic mass is 10.3. The lowest BCUT2D eigenvalue weighted by Crippen LogP contribution is -1.72. The van der Waals surface area contributed by atoms with Crippen LogP contribution in [0.1, 0.15) is 0 Å². The van der Waals surface area contributed by atoms with Gasteiger partial charge in [-0.05, 0) is 22.9 Å². The van der Waals surface area contributed by atoms with Gasteiger partial charge in [-0.25, -0.2) is 0 Å². The van der Waals surface area contributed by atoms with E-state index in [-0.39, 0.29) is 0 Å². The highest BCUT2D eigenvalue weighted by molar-refractivity contribution is 7.98. The molecule has 2 aromatic heterocycles. The van der Waals surface area contributed by atoms with Gasteiger partial charge in [0.2, 0.25) is 5.16 Å². The van der Waals surface area contributed by atoms with Gasteiger partial charge in [-0.15, -0.1) is 0 Å². The molecule has 0 aromatic carbocycles. The summed E-state index contributed by atoms with van der Waals surface area (Å²) in [5.41, 5.74) is 0.993. The Hall–Kier alpha value is -0.810. The van der Waals surface area contributed by atoms with E-state index in [1.54, 1.807) is 11.3 Å². The molecule has 0 aliphatic carbocycles. The predicted molar refractivity (Wildman–Crippen MR) is 49.4 cm³/mol. The summed E-state index contributed by atoms with van der Waals surface area (Å²) in [5.74, 6) is 0.598. The number of aromatic nitrogens is 2. The molecule has 0 fully saturated rings. The van der Waals surface area contributed by atoms with Crippen molar-refractivity contribution in [3.8, 4) is 11.5 Å². The van der Waals surface area contributed by atoms with Crippen LogP contribution in [0.15, 0.2) is 26.5 Å². The zero-order valence-electron chi connectivity index (χ0n) is 6.35. The molecule has 2 rings (SSSR count). The fourth-order valence-corrected chi connectivity index (χ4v) is 1.71. The average Bonchev–Trinajstić information content (AvgIpc) is 2.75. The number of rotatable bonds is 2. The van der Waals surface area contributed by atoms with Gasteiger partial charge in [0.1, 0.15) is 0 Å². The topological polar surface area (TPSA) is 38.9 Å². The Morgan fingerprint density at radius 3 is 3.08 bits per heavy atom. The number of thioether (sulfide) groups is 1. The largest absolute Gasteiger partial charge is 0.333 e. The Balaban J connectivity index is 2.35. The highest BCUT2D eigenvalue weighted by Gasteiger charge is 2.06. The van der Waals surface area contributed by atoms with E-state index in [4.69, 9.17) is 4.52 Å². The fraction of sp³-hybridized carbons (Fsp3) is 0.143. The number of hydrogen-bond acceptors (Lipinski definition) is 5. The van der Waals surface area contributed by atoms with Crippen LogP contribution in [0.5, 0.6) is 0 Å². The van der Waals surface area contributed by atoms with Crippen molar-refractivity contribution < 1.29 is 4.52 Å². The molecule has 12 heavy (non-hydrogen) atoms. The molecule has 0 spiro atoms. The Bertz CT molecular complexity index is 355. The summed E-state index contributed by atoms with van der Waals surface area (Å²) in [5, 5.41) is 8.42. The molecule has 0 amide bonds. The number of nitrogens with zero attached hydrogens (tertiary/aromatic N) is 2. The maximum atomic E-state index is 5.02. The van der Waals surface area contributed by atoms with Gasteiger partial charge in [0.05, 0.1) is 5.56 Å². The molecule has 0 atom stereocenters. The minimum atomic E-state index is 0.598. The van der Waals surface area contributed by atoms with Crippen LogP contribution in [0.25, 0.3) is 11.5 Å². The van der Waals surface area contributed by atoms with Gasteiger partial charge >= 0.3 is 0 Å². The van der Waals surface area contributed by atoms with Crippen molar-refractivity contribution >= 4 is 23.1 Å². The van der Waals surface area contributed by atoms with Crippen molar-refractivity contribution in [2.75, 3.05) is 6.26 Å². The van der Waals surface area contributed by atoms with Crippen LogP contribution in [-0.2, 0) is 0 Å². The van der Waals surface area contributed by atoms with Crippen LogP contribution >= 0.6 is 23.1 Å². The van der Waals surface area contributed by atoms with E-state index >= 15 is 0 Å². The van der Waals surface area contributed by atoms with Crippen molar-refractivity contribution in [2.24, 2.45) is 0 Å². The minimum Gasteiger partial charge on any atom is -0.333 e. The van der Waals surface area contributed by atoms with E-state index in [0.717, 1.165) is 5.56 Å². The minimum absolute atomic E-state index is 0.598. The molecule has 0 radical (unpaired) electrons. The lowest BCUT2D eigenvalue weighted by Gasteiger charge is -1.81. The Labute approximate surface area is 77.8 Å². The van der Waals surface area contributed by atoms with Gasteiger partial charge in [0, 0.05) is 5.38 Å². The zero-order valence-corrected chi connectivity index (χ0v) is 7.98. The summed E-state index contributed by atoms with van der Waals surface area (Å²) in [4.78, 5) is 4.16. The van der Waals surface area contributed by atoms with Crippen molar-refractivity contribution in [3.05, 3.63) is 16.8 Å². The first-order valence-corrected chi connectivity index (χ1v) is 5.47. The highest BCUT2D eigenvalue weighted by Crippen LogP contribution is 2.21. The molecule has 3 nitrogen and oxygen atoms in total. The van der Waals surface area contributed by atoms with Gasteiger partial charge < -0.3 is 4.52 Å². The number of hydrogen-bond donors (Lipinski definition) is 0. The maximum absolute atomic E-state index is 5.02. The molecule has 0 bridgehead atoms. The van der Waals surface area contributed by atoms with Crippen LogP contribution in [0.3, 0.4) is 0 Å². The Morgan fingerprint density at radius 1 is 1.58 bits per heavy atom. The molecule has 0 unspecified atom stereocenters. The van der Waals surface area contributed by atoms with E-state index in [9.17, 15) is 0 Å². The smallest absolute Gasteiger partial charge is 0.259 e. The van der Waals surface area contributed by atoms with E-state index in [2.05, 4.69) is 10.1 Å². The molecule has 0 N–H and O–H groups in total. The maximum Gasteiger partial charge on any atom is 0.259 e. The second-order valence-corrected chi connectivity index (χ2v) is 3.65. The SMILES string of the molecule is CSc1noc(-c2ccsc2)n1. The van der Waals surface area contributed by atoms with E-state index < -0.39 is 0 Å². The fourth-order valence-electron chi connectivity index (χ4n) is 0.796. The van der Waals surface area contributed by atoms with E-state index in [1.807, 2.05) is 23.1 Å². The number of thiophene rings is 1. The first kappa shape index (κ1) is 7.82. The van der Waals surface area contributed by atoms with E-state index in [1.165, 1.54) is 11.8 Å². The molecular weight excluding hydrogens is 192 g/mol. The molecule has 5 heteroatoms. The third kappa shape index (κ3) is 1.37. The van der Waals surface area contributed by atoms with Crippen molar-refractivity contribution in [3.63, 3.8) is 0 Å². The predicted octanol–water partition coefficient (Wildman–Crippen LogP) is 2.52. The third-order valence-corrected chi connectivity index (χ3v) is 2.57.